The second-order valence-corrected chi connectivity index (χ2v) is 15.5. The van der Waals surface area contributed by atoms with Gasteiger partial charge in [0, 0.05) is 25.5 Å². The zero-order valence-electron chi connectivity index (χ0n) is 23.4. The largest absolute Gasteiger partial charge is 0.542 e. The summed E-state index contributed by atoms with van der Waals surface area (Å²) in [6, 6.07) is -1.90. The van der Waals surface area contributed by atoms with E-state index in [2.05, 4.69) is 19.3 Å². The molecule has 18 heteroatoms. The SMILES string of the molecule is [B]OC(=O)[C@@H]1N2C(=O)CC2S(=O)(=O)[C@@]1(C)Cn1cnc(C)c1.[B]OC(=O)[C@@H]1N2C(=O)CC2S[C@@]1(C)Cn1cnc(C)c1. The summed E-state index contributed by atoms with van der Waals surface area (Å²) in [4.78, 5) is 58.4. The van der Waals surface area contributed by atoms with Crippen LogP contribution >= 0.6 is 11.8 Å². The van der Waals surface area contributed by atoms with Gasteiger partial charge >= 0.3 is 28.0 Å². The third-order valence-electron chi connectivity index (χ3n) is 8.22. The molecule has 2 aromatic heterocycles. The number of thioether (sulfide) groups is 1. The van der Waals surface area contributed by atoms with Crippen LogP contribution in [0.1, 0.15) is 38.1 Å². The van der Waals surface area contributed by atoms with Gasteiger partial charge in [-0.25, -0.2) is 18.4 Å². The lowest BCUT2D eigenvalue weighted by Crippen LogP contribution is -2.58. The van der Waals surface area contributed by atoms with Crippen molar-refractivity contribution in [3.05, 3.63) is 36.4 Å². The Bertz CT molecular complexity index is 1560. The van der Waals surface area contributed by atoms with Crippen molar-refractivity contribution in [3.63, 3.8) is 0 Å². The van der Waals surface area contributed by atoms with E-state index in [1.54, 1.807) is 40.7 Å². The molecule has 0 spiro atoms. The van der Waals surface area contributed by atoms with E-state index in [0.717, 1.165) is 16.3 Å². The van der Waals surface area contributed by atoms with Gasteiger partial charge in [-0.15, -0.1) is 11.8 Å². The van der Waals surface area contributed by atoms with Crippen LogP contribution in [-0.4, -0.2) is 109 Å². The second kappa shape index (κ2) is 10.5. The van der Waals surface area contributed by atoms with Gasteiger partial charge in [0.15, 0.2) is 9.84 Å². The number of carbonyl (C=O) groups is 4. The quantitative estimate of drug-likeness (QED) is 0.295. The van der Waals surface area contributed by atoms with Crippen LogP contribution in [0.15, 0.2) is 25.0 Å². The lowest BCUT2D eigenvalue weighted by Gasteiger charge is -2.37. The first-order valence-electron chi connectivity index (χ1n) is 13.0. The van der Waals surface area contributed by atoms with Gasteiger partial charge < -0.3 is 28.2 Å². The fraction of sp³-hybridized carbons (Fsp3) is 0.583. The molecule has 6 heterocycles. The van der Waals surface area contributed by atoms with Gasteiger partial charge in [-0.05, 0) is 27.7 Å². The van der Waals surface area contributed by atoms with Crippen molar-refractivity contribution in [1.29, 1.82) is 0 Å². The molecule has 4 fully saturated rings. The molecular formula is C24H28B2N6O8S2. The summed E-state index contributed by atoms with van der Waals surface area (Å²) in [6.45, 7) is 7.62. The molecule has 14 nitrogen and oxygen atoms in total. The highest BCUT2D eigenvalue weighted by molar-refractivity contribution is 8.01. The fourth-order valence-electron chi connectivity index (χ4n) is 6.21. The first-order chi connectivity index (χ1) is 19.7. The summed E-state index contributed by atoms with van der Waals surface area (Å²) in [5.74, 6) is -1.91. The molecule has 4 saturated heterocycles. The predicted octanol–water partition coefficient (Wildman–Crippen LogP) is -0.817. The Morgan fingerprint density at radius 3 is 1.93 bits per heavy atom. The van der Waals surface area contributed by atoms with Gasteiger partial charge in [0.1, 0.15) is 22.2 Å². The molecule has 4 aliphatic rings. The van der Waals surface area contributed by atoms with Gasteiger partial charge in [0.25, 0.3) is 0 Å². The number of imidazole rings is 2. The summed E-state index contributed by atoms with van der Waals surface area (Å²) < 4.78 is 35.7. The molecular weight excluding hydrogens is 586 g/mol. The number of aryl methyl sites for hydroxylation is 2. The molecule has 0 bridgehead atoms. The summed E-state index contributed by atoms with van der Waals surface area (Å²) in [5, 5.41) is -0.945. The molecule has 2 aromatic rings. The van der Waals surface area contributed by atoms with Crippen molar-refractivity contribution in [2.24, 2.45) is 0 Å². The highest BCUT2D eigenvalue weighted by Gasteiger charge is 2.70. The van der Waals surface area contributed by atoms with Crippen molar-refractivity contribution in [3.8, 4) is 0 Å². The minimum absolute atomic E-state index is 0.0176. The Labute approximate surface area is 249 Å². The minimum Gasteiger partial charge on any atom is -0.542 e. The van der Waals surface area contributed by atoms with E-state index in [1.807, 2.05) is 24.6 Å². The number of aromatic nitrogens is 4. The molecule has 0 saturated carbocycles. The number of carbonyl (C=O) groups excluding carboxylic acids is 4. The average Bonchev–Trinajstić information content (AvgIpc) is 3.61. The maximum atomic E-state index is 12.8. The van der Waals surface area contributed by atoms with Crippen LogP contribution in [0.5, 0.6) is 0 Å². The standard InChI is InChI=1S/C12H14BN3O5S.C12H14BN3O3S/c1-7-4-15(6-14-7)5-12(2)10(11(18)21-13)16-8(17)3-9(16)22(12,19)20;1-7-4-15(6-14-7)5-12(2)10(11(18)19-13)16-8(17)3-9(16)20-12/h4,6,9-10H,3,5H2,1-2H3;4,6,9-10H,3,5H2,1-2H3/t2*9?,10-,12-/m00/s1. The fourth-order valence-corrected chi connectivity index (χ4v) is 10.3. The third kappa shape index (κ3) is 4.62. The van der Waals surface area contributed by atoms with Crippen molar-refractivity contribution >= 4 is 61.5 Å². The summed E-state index contributed by atoms with van der Waals surface area (Å²) in [6.07, 6.45) is 7.14. The zero-order valence-corrected chi connectivity index (χ0v) is 25.0. The molecule has 6 rings (SSSR count). The van der Waals surface area contributed by atoms with Crippen molar-refractivity contribution in [2.75, 3.05) is 0 Å². The van der Waals surface area contributed by atoms with Gasteiger partial charge in [0.05, 0.1) is 47.0 Å². The van der Waals surface area contributed by atoms with Gasteiger partial charge in [-0.2, -0.15) is 0 Å². The smallest absolute Gasteiger partial charge is 0.378 e. The van der Waals surface area contributed by atoms with E-state index in [-0.39, 0.29) is 24.2 Å². The van der Waals surface area contributed by atoms with E-state index in [1.165, 1.54) is 13.3 Å². The maximum absolute atomic E-state index is 12.8. The van der Waals surface area contributed by atoms with Gasteiger partial charge in [-0.3, -0.25) is 19.2 Å². The van der Waals surface area contributed by atoms with Crippen LogP contribution in [0.3, 0.4) is 0 Å². The van der Waals surface area contributed by atoms with Crippen LogP contribution in [0.2, 0.25) is 0 Å². The Hall–Kier alpha value is -3.27. The number of amides is 2. The van der Waals surface area contributed by atoms with Crippen molar-refractivity contribution < 1.29 is 36.9 Å². The Kier molecular flexibility index (Phi) is 7.53. The van der Waals surface area contributed by atoms with Crippen LogP contribution in [0.25, 0.3) is 0 Å². The Balaban J connectivity index is 0.000000169. The van der Waals surface area contributed by atoms with E-state index in [4.69, 9.17) is 16.1 Å². The number of hydrogen-bond donors (Lipinski definition) is 0. The first-order valence-corrected chi connectivity index (χ1v) is 15.4. The monoisotopic (exact) mass is 614 g/mol. The normalized spacial score (nSPS) is 32.2. The number of rotatable bonds is 6. The lowest BCUT2D eigenvalue weighted by molar-refractivity contribution is -0.155. The molecule has 2 unspecified atom stereocenters. The molecule has 6 atom stereocenters. The summed E-state index contributed by atoms with van der Waals surface area (Å²) in [7, 11) is 6.21. The summed E-state index contributed by atoms with van der Waals surface area (Å²) in [5.41, 5.74) is 1.63. The van der Waals surface area contributed by atoms with Gasteiger partial charge in [0.2, 0.25) is 11.8 Å². The number of sulfone groups is 1. The van der Waals surface area contributed by atoms with Gasteiger partial charge in [-0.1, -0.05) is 0 Å². The van der Waals surface area contributed by atoms with Crippen molar-refractivity contribution in [1.82, 2.24) is 28.9 Å². The molecule has 0 aliphatic carbocycles. The van der Waals surface area contributed by atoms with E-state index in [0.29, 0.717) is 13.0 Å². The molecule has 0 aromatic carbocycles. The third-order valence-corrected chi connectivity index (χ3v) is 12.5. The molecule has 4 radical (unpaired) electrons. The zero-order chi connectivity index (χ0) is 30.8. The second-order valence-electron chi connectivity index (χ2n) is 11.3. The summed E-state index contributed by atoms with van der Waals surface area (Å²) >= 11 is 1.62. The number of hydrogen-bond acceptors (Lipinski definition) is 11. The first kappa shape index (κ1) is 30.2. The Morgan fingerprint density at radius 1 is 0.929 bits per heavy atom. The molecule has 42 heavy (non-hydrogen) atoms. The molecule has 220 valence electrons. The number of nitrogens with zero attached hydrogens (tertiary/aromatic N) is 6. The molecule has 0 N–H and O–H groups in total. The molecule has 2 amide bonds. The topological polar surface area (TPSA) is 163 Å². The highest BCUT2D eigenvalue weighted by Crippen LogP contribution is 2.52. The molecule has 4 aliphatic heterocycles. The average molecular weight is 614 g/mol. The predicted molar refractivity (Wildman–Crippen MR) is 149 cm³/mol. The van der Waals surface area contributed by atoms with Crippen LogP contribution in [-0.2, 0) is 51.4 Å². The minimum atomic E-state index is -3.75. The van der Waals surface area contributed by atoms with E-state index >= 15 is 0 Å². The number of β-lactam (4-membered cyclic amide) rings is 2. The lowest BCUT2D eigenvalue weighted by atomic mass is 9.96. The van der Waals surface area contributed by atoms with E-state index in [9.17, 15) is 27.6 Å². The Morgan fingerprint density at radius 2 is 1.45 bits per heavy atom. The number of fused-ring (bicyclic) bond motifs is 2. The highest BCUT2D eigenvalue weighted by atomic mass is 32.2. The van der Waals surface area contributed by atoms with Crippen molar-refractivity contribution in [2.45, 2.75) is 86.0 Å². The van der Waals surface area contributed by atoms with Crippen LogP contribution < -0.4 is 0 Å². The van der Waals surface area contributed by atoms with E-state index < -0.39 is 54.6 Å². The van der Waals surface area contributed by atoms with Crippen LogP contribution in [0, 0.1) is 13.8 Å². The van der Waals surface area contributed by atoms with Crippen LogP contribution in [0.4, 0.5) is 0 Å². The maximum Gasteiger partial charge on any atom is 0.378 e.